The molecule has 0 amide bonds. The summed E-state index contributed by atoms with van der Waals surface area (Å²) in [4.78, 5) is 12.3. The number of nitrogens with two attached hydrogens (primary N) is 1. The van der Waals surface area contributed by atoms with E-state index in [-0.39, 0.29) is 11.6 Å². The molecule has 0 saturated carbocycles. The Bertz CT molecular complexity index is 607. The number of ketones is 1. The summed E-state index contributed by atoms with van der Waals surface area (Å²) in [6.07, 6.45) is 0.740. The summed E-state index contributed by atoms with van der Waals surface area (Å²) in [7, 11) is 0. The molecule has 2 nitrogen and oxygen atoms in total. The Balaban J connectivity index is 2.32. The van der Waals surface area contributed by atoms with Crippen LogP contribution in [0.4, 0.5) is 4.39 Å². The van der Waals surface area contributed by atoms with E-state index in [9.17, 15) is 9.18 Å². The van der Waals surface area contributed by atoms with E-state index in [1.807, 2.05) is 18.2 Å². The summed E-state index contributed by atoms with van der Waals surface area (Å²) in [5, 5.41) is 0. The van der Waals surface area contributed by atoms with Crippen molar-refractivity contribution in [3.63, 3.8) is 0 Å². The molecule has 0 radical (unpaired) electrons. The molecule has 2 N–H and O–H groups in total. The average Bonchev–Trinajstić information content (AvgIpc) is 2.42. The van der Waals surface area contributed by atoms with Crippen molar-refractivity contribution in [1.82, 2.24) is 0 Å². The van der Waals surface area contributed by atoms with Crippen molar-refractivity contribution < 1.29 is 9.18 Å². The first kappa shape index (κ1) is 13.4. The van der Waals surface area contributed by atoms with Crippen LogP contribution in [-0.2, 0) is 6.42 Å². The van der Waals surface area contributed by atoms with Gasteiger partial charge in [-0.05, 0) is 55.3 Å². The Labute approximate surface area is 112 Å². The third-order valence-electron chi connectivity index (χ3n) is 3.04. The van der Waals surface area contributed by atoms with Crippen molar-refractivity contribution >= 4 is 5.78 Å². The molecule has 0 aromatic heterocycles. The van der Waals surface area contributed by atoms with Crippen LogP contribution in [0, 0.1) is 12.7 Å². The lowest BCUT2D eigenvalue weighted by atomic mass is 9.99. The SMILES string of the molecule is Cc1cc(C(=O)c2cccc(CCN)c2)ccc1F. The van der Waals surface area contributed by atoms with Crippen LogP contribution in [0.25, 0.3) is 0 Å². The number of hydrogen-bond acceptors (Lipinski definition) is 2. The fourth-order valence-electron chi connectivity index (χ4n) is 1.99. The number of rotatable bonds is 4. The van der Waals surface area contributed by atoms with Crippen LogP contribution < -0.4 is 5.73 Å². The minimum absolute atomic E-state index is 0.0954. The first-order valence-electron chi connectivity index (χ1n) is 6.21. The number of carbonyl (C=O) groups is 1. The van der Waals surface area contributed by atoms with Crippen molar-refractivity contribution in [2.75, 3.05) is 6.54 Å². The van der Waals surface area contributed by atoms with Gasteiger partial charge in [-0.15, -0.1) is 0 Å². The summed E-state index contributed by atoms with van der Waals surface area (Å²) < 4.78 is 13.2. The lowest BCUT2D eigenvalue weighted by molar-refractivity contribution is 0.103. The molecule has 0 heterocycles. The van der Waals surface area contributed by atoms with Crippen molar-refractivity contribution in [3.05, 3.63) is 70.5 Å². The second kappa shape index (κ2) is 5.76. The van der Waals surface area contributed by atoms with E-state index in [4.69, 9.17) is 5.73 Å². The number of aryl methyl sites for hydroxylation is 1. The number of benzene rings is 2. The van der Waals surface area contributed by atoms with Gasteiger partial charge in [0.2, 0.25) is 0 Å². The predicted octanol–water partition coefficient (Wildman–Crippen LogP) is 2.87. The van der Waals surface area contributed by atoms with Gasteiger partial charge >= 0.3 is 0 Å². The maximum atomic E-state index is 13.2. The highest BCUT2D eigenvalue weighted by molar-refractivity contribution is 6.09. The van der Waals surface area contributed by atoms with E-state index in [2.05, 4.69) is 0 Å². The molecule has 0 aliphatic carbocycles. The molecule has 2 aromatic carbocycles. The van der Waals surface area contributed by atoms with Crippen LogP contribution in [0.3, 0.4) is 0 Å². The van der Waals surface area contributed by atoms with Crippen molar-refractivity contribution in [2.45, 2.75) is 13.3 Å². The Morgan fingerprint density at radius 2 is 1.89 bits per heavy atom. The largest absolute Gasteiger partial charge is 0.330 e. The van der Waals surface area contributed by atoms with E-state index >= 15 is 0 Å². The van der Waals surface area contributed by atoms with Gasteiger partial charge in [0, 0.05) is 11.1 Å². The molecule has 98 valence electrons. The molecule has 0 atom stereocenters. The van der Waals surface area contributed by atoms with Gasteiger partial charge in [-0.3, -0.25) is 4.79 Å². The first-order valence-corrected chi connectivity index (χ1v) is 6.21. The maximum absolute atomic E-state index is 13.2. The van der Waals surface area contributed by atoms with Gasteiger partial charge in [-0.25, -0.2) is 4.39 Å². The zero-order chi connectivity index (χ0) is 13.8. The highest BCUT2D eigenvalue weighted by Gasteiger charge is 2.10. The topological polar surface area (TPSA) is 43.1 Å². The highest BCUT2D eigenvalue weighted by Crippen LogP contribution is 2.15. The monoisotopic (exact) mass is 257 g/mol. The zero-order valence-electron chi connectivity index (χ0n) is 10.8. The van der Waals surface area contributed by atoms with Crippen LogP contribution in [-0.4, -0.2) is 12.3 Å². The predicted molar refractivity (Wildman–Crippen MR) is 73.8 cm³/mol. The van der Waals surface area contributed by atoms with Crippen LogP contribution in [0.5, 0.6) is 0 Å². The van der Waals surface area contributed by atoms with Crippen molar-refractivity contribution in [2.24, 2.45) is 5.73 Å². The van der Waals surface area contributed by atoms with Gasteiger partial charge in [0.25, 0.3) is 0 Å². The normalized spacial score (nSPS) is 10.5. The van der Waals surface area contributed by atoms with Crippen molar-refractivity contribution in [3.8, 4) is 0 Å². The fourth-order valence-corrected chi connectivity index (χ4v) is 1.99. The average molecular weight is 257 g/mol. The Morgan fingerprint density at radius 3 is 2.58 bits per heavy atom. The molecule has 0 aliphatic heterocycles. The summed E-state index contributed by atoms with van der Waals surface area (Å²) >= 11 is 0. The van der Waals surface area contributed by atoms with Crippen LogP contribution >= 0.6 is 0 Å². The Kier molecular flexibility index (Phi) is 4.07. The molecule has 3 heteroatoms. The fraction of sp³-hybridized carbons (Fsp3) is 0.188. The minimum Gasteiger partial charge on any atom is -0.330 e. The smallest absolute Gasteiger partial charge is 0.193 e. The summed E-state index contributed by atoms with van der Waals surface area (Å²) in [6, 6.07) is 11.8. The van der Waals surface area contributed by atoms with Gasteiger partial charge in [0.1, 0.15) is 5.82 Å². The third kappa shape index (κ3) is 3.06. The second-order valence-corrected chi connectivity index (χ2v) is 4.53. The van der Waals surface area contributed by atoms with Crippen LogP contribution in [0.2, 0.25) is 0 Å². The number of hydrogen-bond donors (Lipinski definition) is 1. The Morgan fingerprint density at radius 1 is 1.16 bits per heavy atom. The summed E-state index contributed by atoms with van der Waals surface area (Å²) in [5.41, 5.74) is 8.13. The van der Waals surface area contributed by atoms with E-state index in [0.717, 1.165) is 12.0 Å². The van der Waals surface area contributed by atoms with Crippen LogP contribution in [0.15, 0.2) is 42.5 Å². The number of halogens is 1. The molecule has 0 aliphatic rings. The number of carbonyl (C=O) groups excluding carboxylic acids is 1. The summed E-state index contributed by atoms with van der Waals surface area (Å²) in [5.74, 6) is -0.393. The molecule has 0 saturated heterocycles. The molecule has 0 unspecified atom stereocenters. The Hall–Kier alpha value is -2.00. The minimum atomic E-state index is -0.298. The quantitative estimate of drug-likeness (QED) is 0.856. The first-order chi connectivity index (χ1) is 9.11. The summed E-state index contributed by atoms with van der Waals surface area (Å²) in [6.45, 7) is 2.20. The zero-order valence-corrected chi connectivity index (χ0v) is 10.8. The van der Waals surface area contributed by atoms with Gasteiger partial charge in [0.15, 0.2) is 5.78 Å². The third-order valence-corrected chi connectivity index (χ3v) is 3.04. The van der Waals surface area contributed by atoms with E-state index in [1.165, 1.54) is 12.1 Å². The standard InChI is InChI=1S/C16H16FNO/c1-11-9-14(5-6-15(11)17)16(19)13-4-2-3-12(10-13)7-8-18/h2-6,9-10H,7-8,18H2,1H3. The molecule has 0 fully saturated rings. The molecule has 0 bridgehead atoms. The molecular formula is C16H16FNO. The maximum Gasteiger partial charge on any atom is 0.193 e. The van der Waals surface area contributed by atoms with Gasteiger partial charge in [0.05, 0.1) is 0 Å². The highest BCUT2D eigenvalue weighted by atomic mass is 19.1. The molecule has 19 heavy (non-hydrogen) atoms. The van der Waals surface area contributed by atoms with Gasteiger partial charge in [-0.2, -0.15) is 0 Å². The lowest BCUT2D eigenvalue weighted by Crippen LogP contribution is -2.06. The lowest BCUT2D eigenvalue weighted by Gasteiger charge is -2.05. The van der Waals surface area contributed by atoms with E-state index < -0.39 is 0 Å². The van der Waals surface area contributed by atoms with E-state index in [1.54, 1.807) is 19.1 Å². The second-order valence-electron chi connectivity index (χ2n) is 4.53. The van der Waals surface area contributed by atoms with E-state index in [0.29, 0.717) is 23.2 Å². The van der Waals surface area contributed by atoms with Crippen LogP contribution in [0.1, 0.15) is 27.0 Å². The van der Waals surface area contributed by atoms with Gasteiger partial charge in [-0.1, -0.05) is 18.2 Å². The molecule has 2 aromatic rings. The van der Waals surface area contributed by atoms with Gasteiger partial charge < -0.3 is 5.73 Å². The van der Waals surface area contributed by atoms with Crippen molar-refractivity contribution in [1.29, 1.82) is 0 Å². The molecular weight excluding hydrogens is 241 g/mol. The molecule has 0 spiro atoms. The molecule has 2 rings (SSSR count).